The second-order valence-corrected chi connectivity index (χ2v) is 3.01. The second-order valence-electron chi connectivity index (χ2n) is 2.57. The van der Waals surface area contributed by atoms with Crippen LogP contribution in [0.25, 0.3) is 10.8 Å². The normalized spacial score (nSPS) is 10.3. The van der Waals surface area contributed by atoms with E-state index in [-0.39, 0.29) is 0 Å². The van der Waals surface area contributed by atoms with Crippen LogP contribution in [0.1, 0.15) is 0 Å². The Morgan fingerprint density at radius 3 is 3.00 bits per heavy atom. The van der Waals surface area contributed by atoms with Crippen LogP contribution in [0, 0.1) is 0 Å². The van der Waals surface area contributed by atoms with Gasteiger partial charge in [0.2, 0.25) is 0 Å². The van der Waals surface area contributed by atoms with Crippen molar-refractivity contribution in [2.24, 2.45) is 5.84 Å². The van der Waals surface area contributed by atoms with Gasteiger partial charge in [-0.25, -0.2) is 5.84 Å². The van der Waals surface area contributed by atoms with Gasteiger partial charge in [-0.1, -0.05) is 17.7 Å². The molecule has 0 radical (unpaired) electrons. The number of anilines is 1. The molecule has 1 aromatic heterocycles. The summed E-state index contributed by atoms with van der Waals surface area (Å²) in [5.41, 5.74) is 2.46. The van der Waals surface area contributed by atoms with Crippen molar-refractivity contribution >= 4 is 28.2 Å². The van der Waals surface area contributed by atoms with Gasteiger partial charge in [0, 0.05) is 15.8 Å². The minimum absolute atomic E-state index is 0.528. The minimum atomic E-state index is 0.528. The molecule has 1 heterocycles. The van der Waals surface area contributed by atoms with Gasteiger partial charge in [-0.15, -0.1) is 5.10 Å². The van der Waals surface area contributed by atoms with Crippen LogP contribution in [0.3, 0.4) is 0 Å². The van der Waals surface area contributed by atoms with Gasteiger partial charge in [0.25, 0.3) is 0 Å². The average molecular weight is 195 g/mol. The van der Waals surface area contributed by atoms with Crippen LogP contribution in [-0.2, 0) is 0 Å². The highest BCUT2D eigenvalue weighted by Crippen LogP contribution is 2.22. The Kier molecular flexibility index (Phi) is 2.00. The summed E-state index contributed by atoms with van der Waals surface area (Å²) in [6.07, 6.45) is 1.66. The molecule has 0 spiro atoms. The van der Waals surface area contributed by atoms with E-state index in [2.05, 4.69) is 15.6 Å². The van der Waals surface area contributed by atoms with Crippen molar-refractivity contribution in [3.05, 3.63) is 29.4 Å². The number of benzene rings is 1. The highest BCUT2D eigenvalue weighted by atomic mass is 35.5. The lowest BCUT2D eigenvalue weighted by Crippen LogP contribution is -2.09. The third kappa shape index (κ3) is 1.41. The molecule has 0 bridgehead atoms. The van der Waals surface area contributed by atoms with Crippen molar-refractivity contribution in [3.63, 3.8) is 0 Å². The quantitative estimate of drug-likeness (QED) is 0.534. The van der Waals surface area contributed by atoms with Crippen LogP contribution in [0.4, 0.5) is 5.82 Å². The highest BCUT2D eigenvalue weighted by molar-refractivity contribution is 6.31. The molecule has 0 aliphatic heterocycles. The van der Waals surface area contributed by atoms with Gasteiger partial charge < -0.3 is 5.43 Å². The first-order chi connectivity index (χ1) is 6.31. The van der Waals surface area contributed by atoms with E-state index < -0.39 is 0 Å². The highest BCUT2D eigenvalue weighted by Gasteiger charge is 2.01. The summed E-state index contributed by atoms with van der Waals surface area (Å²) in [5, 5.41) is 10.1. The van der Waals surface area contributed by atoms with Crippen molar-refractivity contribution in [2.45, 2.75) is 0 Å². The molecule has 0 saturated heterocycles. The maximum atomic E-state index is 5.83. The fraction of sp³-hybridized carbons (Fsp3) is 0. The van der Waals surface area contributed by atoms with Crippen LogP contribution >= 0.6 is 11.6 Å². The fourth-order valence-corrected chi connectivity index (χ4v) is 1.33. The van der Waals surface area contributed by atoms with Crippen molar-refractivity contribution in [3.8, 4) is 0 Å². The predicted molar refractivity (Wildman–Crippen MR) is 52.4 cm³/mol. The Balaban J connectivity index is 2.79. The maximum Gasteiger partial charge on any atom is 0.170 e. The molecular weight excluding hydrogens is 188 g/mol. The zero-order chi connectivity index (χ0) is 9.26. The third-order valence-corrected chi connectivity index (χ3v) is 2.00. The molecule has 2 rings (SSSR count). The first kappa shape index (κ1) is 8.22. The first-order valence-corrected chi connectivity index (χ1v) is 4.06. The molecule has 2 aromatic rings. The van der Waals surface area contributed by atoms with Crippen LogP contribution in [0.2, 0.25) is 5.02 Å². The number of nitrogens with zero attached hydrogens (tertiary/aromatic N) is 2. The molecule has 0 atom stereocenters. The molecule has 5 heteroatoms. The molecular formula is C8H7ClN4. The average Bonchev–Trinajstić information content (AvgIpc) is 2.17. The number of hydrogen-bond acceptors (Lipinski definition) is 4. The van der Waals surface area contributed by atoms with E-state index in [4.69, 9.17) is 17.4 Å². The van der Waals surface area contributed by atoms with E-state index in [9.17, 15) is 0 Å². The number of nitrogen functional groups attached to an aromatic ring is 1. The topological polar surface area (TPSA) is 63.8 Å². The van der Waals surface area contributed by atoms with Gasteiger partial charge in [-0.3, -0.25) is 0 Å². The number of nitrogens with two attached hydrogens (primary N) is 1. The van der Waals surface area contributed by atoms with Gasteiger partial charge in [0.1, 0.15) is 0 Å². The van der Waals surface area contributed by atoms with Crippen LogP contribution in [0.5, 0.6) is 0 Å². The SMILES string of the molecule is NNc1nncc2ccc(Cl)cc12. The van der Waals surface area contributed by atoms with Gasteiger partial charge in [-0.2, -0.15) is 5.10 Å². The zero-order valence-electron chi connectivity index (χ0n) is 6.66. The molecule has 0 amide bonds. The van der Waals surface area contributed by atoms with Crippen molar-refractivity contribution in [2.75, 3.05) is 5.43 Å². The Bertz CT molecular complexity index is 443. The van der Waals surface area contributed by atoms with Gasteiger partial charge >= 0.3 is 0 Å². The molecule has 0 saturated carbocycles. The van der Waals surface area contributed by atoms with Crippen LogP contribution < -0.4 is 11.3 Å². The Labute approximate surface area is 79.7 Å². The monoisotopic (exact) mass is 194 g/mol. The smallest absolute Gasteiger partial charge is 0.170 e. The van der Waals surface area contributed by atoms with Gasteiger partial charge in [0.15, 0.2) is 5.82 Å². The summed E-state index contributed by atoms with van der Waals surface area (Å²) in [4.78, 5) is 0. The summed E-state index contributed by atoms with van der Waals surface area (Å²) in [6.45, 7) is 0. The van der Waals surface area contributed by atoms with Crippen molar-refractivity contribution in [1.29, 1.82) is 0 Å². The van der Waals surface area contributed by atoms with E-state index in [1.807, 2.05) is 6.07 Å². The molecule has 3 N–H and O–H groups in total. The first-order valence-electron chi connectivity index (χ1n) is 3.69. The van der Waals surface area contributed by atoms with Crippen molar-refractivity contribution in [1.82, 2.24) is 10.2 Å². The number of aromatic nitrogens is 2. The lowest BCUT2D eigenvalue weighted by atomic mass is 10.2. The summed E-state index contributed by atoms with van der Waals surface area (Å²) >= 11 is 5.83. The number of rotatable bonds is 1. The molecule has 0 fully saturated rings. The van der Waals surface area contributed by atoms with Gasteiger partial charge in [0.05, 0.1) is 6.20 Å². The van der Waals surface area contributed by atoms with E-state index in [1.165, 1.54) is 0 Å². The number of fused-ring (bicyclic) bond motifs is 1. The molecule has 66 valence electrons. The summed E-state index contributed by atoms with van der Waals surface area (Å²) in [7, 11) is 0. The zero-order valence-corrected chi connectivity index (χ0v) is 7.42. The standard InChI is InChI=1S/C8H7ClN4/c9-6-2-1-5-4-11-13-8(12-10)7(5)3-6/h1-4H,10H2,(H,12,13). The number of hydrogen-bond donors (Lipinski definition) is 2. The predicted octanol–water partition coefficient (Wildman–Crippen LogP) is 1.57. The molecule has 4 nitrogen and oxygen atoms in total. The third-order valence-electron chi connectivity index (χ3n) is 1.76. The van der Waals surface area contributed by atoms with E-state index in [0.717, 1.165) is 10.8 Å². The maximum absolute atomic E-state index is 5.83. The number of hydrazine groups is 1. The summed E-state index contributed by atoms with van der Waals surface area (Å²) in [6, 6.07) is 5.46. The second kappa shape index (κ2) is 3.16. The molecule has 1 aromatic carbocycles. The lowest BCUT2D eigenvalue weighted by molar-refractivity contribution is 1.04. The van der Waals surface area contributed by atoms with Gasteiger partial charge in [-0.05, 0) is 12.1 Å². The molecule has 13 heavy (non-hydrogen) atoms. The largest absolute Gasteiger partial charge is 0.306 e. The van der Waals surface area contributed by atoms with Crippen LogP contribution in [-0.4, -0.2) is 10.2 Å². The van der Waals surface area contributed by atoms with E-state index in [1.54, 1.807) is 18.3 Å². The molecule has 0 unspecified atom stereocenters. The fourth-order valence-electron chi connectivity index (χ4n) is 1.16. The molecule has 0 aliphatic carbocycles. The Morgan fingerprint density at radius 2 is 2.23 bits per heavy atom. The molecule has 0 aliphatic rings. The van der Waals surface area contributed by atoms with E-state index >= 15 is 0 Å². The van der Waals surface area contributed by atoms with Crippen molar-refractivity contribution < 1.29 is 0 Å². The lowest BCUT2D eigenvalue weighted by Gasteiger charge is -2.02. The number of halogens is 1. The van der Waals surface area contributed by atoms with Crippen LogP contribution in [0.15, 0.2) is 24.4 Å². The number of nitrogens with one attached hydrogen (secondary N) is 1. The van der Waals surface area contributed by atoms with E-state index in [0.29, 0.717) is 10.8 Å². The summed E-state index contributed by atoms with van der Waals surface area (Å²) < 4.78 is 0. The Morgan fingerprint density at radius 1 is 1.38 bits per heavy atom. The minimum Gasteiger partial charge on any atom is -0.306 e. The summed E-state index contributed by atoms with van der Waals surface area (Å²) in [5.74, 6) is 5.80. The Hall–Kier alpha value is -1.39.